The van der Waals surface area contributed by atoms with Crippen LogP contribution in [0.1, 0.15) is 28.0 Å². The Morgan fingerprint density at radius 2 is 2.27 bits per heavy atom. The van der Waals surface area contributed by atoms with Crippen molar-refractivity contribution in [1.29, 1.82) is 0 Å². The summed E-state index contributed by atoms with van der Waals surface area (Å²) in [6.07, 6.45) is -2.88. The first-order valence-corrected chi connectivity index (χ1v) is 5.06. The summed E-state index contributed by atoms with van der Waals surface area (Å²) in [6.45, 7) is 0. The predicted molar refractivity (Wildman–Crippen MR) is 53.4 cm³/mol. The third-order valence-electron chi connectivity index (χ3n) is 1.64. The highest BCUT2D eigenvalue weighted by molar-refractivity contribution is 9.10. The van der Waals surface area contributed by atoms with E-state index in [1.165, 1.54) is 0 Å². The minimum Gasteiger partial charge on any atom is -0.478 e. The molecule has 0 spiro atoms. The van der Waals surface area contributed by atoms with E-state index in [-0.39, 0.29) is 16.2 Å². The molecule has 0 aromatic carbocycles. The summed E-state index contributed by atoms with van der Waals surface area (Å²) in [5.41, 5.74) is -0.914. The zero-order valence-electron chi connectivity index (χ0n) is 7.18. The standard InChI is InChI=1S/C8H5BrClF2NO2/c9-6-5(8(14)15)4(7(11)12)1-3(2-10)13-6/h1,7H,2H2,(H,14,15). The molecule has 0 saturated heterocycles. The van der Waals surface area contributed by atoms with E-state index in [1.54, 1.807) is 0 Å². The molecule has 3 nitrogen and oxygen atoms in total. The lowest BCUT2D eigenvalue weighted by atomic mass is 10.1. The van der Waals surface area contributed by atoms with Crippen LogP contribution >= 0.6 is 27.5 Å². The second kappa shape index (κ2) is 4.85. The Hall–Kier alpha value is -0.750. The smallest absolute Gasteiger partial charge is 0.338 e. The van der Waals surface area contributed by atoms with Gasteiger partial charge < -0.3 is 5.11 Å². The number of pyridine rings is 1. The second-order valence-electron chi connectivity index (χ2n) is 2.61. The highest BCUT2D eigenvalue weighted by Crippen LogP contribution is 2.28. The molecule has 1 N–H and O–H groups in total. The van der Waals surface area contributed by atoms with Crippen molar-refractivity contribution in [1.82, 2.24) is 4.98 Å². The number of alkyl halides is 3. The van der Waals surface area contributed by atoms with Gasteiger partial charge in [0.15, 0.2) is 0 Å². The lowest BCUT2D eigenvalue weighted by Crippen LogP contribution is -2.07. The van der Waals surface area contributed by atoms with E-state index in [9.17, 15) is 13.6 Å². The van der Waals surface area contributed by atoms with E-state index >= 15 is 0 Å². The lowest BCUT2D eigenvalue weighted by Gasteiger charge is -2.08. The van der Waals surface area contributed by atoms with Crippen molar-refractivity contribution in [3.63, 3.8) is 0 Å². The van der Waals surface area contributed by atoms with Crippen LogP contribution in [0.25, 0.3) is 0 Å². The molecule has 0 aliphatic carbocycles. The maximum atomic E-state index is 12.5. The molecular formula is C8H5BrClF2NO2. The molecular weight excluding hydrogens is 295 g/mol. The maximum Gasteiger partial charge on any atom is 0.338 e. The van der Waals surface area contributed by atoms with E-state index < -0.39 is 23.5 Å². The van der Waals surface area contributed by atoms with E-state index in [2.05, 4.69) is 20.9 Å². The summed E-state index contributed by atoms with van der Waals surface area (Å²) in [5.74, 6) is -1.51. The molecule has 1 aromatic rings. The lowest BCUT2D eigenvalue weighted by molar-refractivity contribution is 0.0682. The summed E-state index contributed by atoms with van der Waals surface area (Å²) < 4.78 is 24.9. The molecule has 82 valence electrons. The number of hydrogen-bond donors (Lipinski definition) is 1. The molecule has 0 saturated carbocycles. The molecule has 7 heteroatoms. The number of halogens is 4. The van der Waals surface area contributed by atoms with Gasteiger partial charge in [-0.3, -0.25) is 0 Å². The van der Waals surface area contributed by atoms with E-state index in [0.29, 0.717) is 0 Å². The van der Waals surface area contributed by atoms with Crippen molar-refractivity contribution in [2.75, 3.05) is 0 Å². The van der Waals surface area contributed by atoms with Gasteiger partial charge >= 0.3 is 5.97 Å². The fourth-order valence-corrected chi connectivity index (χ4v) is 1.80. The van der Waals surface area contributed by atoms with Gasteiger partial charge in [-0.25, -0.2) is 18.6 Å². The van der Waals surface area contributed by atoms with Crippen molar-refractivity contribution in [3.05, 3.63) is 27.5 Å². The molecule has 1 heterocycles. The molecule has 0 fully saturated rings. The summed E-state index contributed by atoms with van der Waals surface area (Å²) in [4.78, 5) is 14.4. The average Bonchev–Trinajstić information content (AvgIpc) is 2.15. The van der Waals surface area contributed by atoms with Crippen molar-refractivity contribution >= 4 is 33.5 Å². The molecule has 15 heavy (non-hydrogen) atoms. The van der Waals surface area contributed by atoms with Crippen LogP contribution in [0.15, 0.2) is 10.7 Å². The fraction of sp³-hybridized carbons (Fsp3) is 0.250. The molecule has 0 aliphatic heterocycles. The van der Waals surface area contributed by atoms with Crippen LogP contribution in [-0.2, 0) is 5.88 Å². The molecule has 0 atom stereocenters. The number of carbonyl (C=O) groups is 1. The van der Waals surface area contributed by atoms with Crippen molar-refractivity contribution in [2.24, 2.45) is 0 Å². The fourth-order valence-electron chi connectivity index (χ4n) is 1.04. The van der Waals surface area contributed by atoms with Crippen molar-refractivity contribution < 1.29 is 18.7 Å². The van der Waals surface area contributed by atoms with Gasteiger partial charge in [0.25, 0.3) is 6.43 Å². The highest BCUT2D eigenvalue weighted by Gasteiger charge is 2.22. The summed E-state index contributed by atoms with van der Waals surface area (Å²) in [7, 11) is 0. The van der Waals surface area contributed by atoms with Gasteiger partial charge in [-0.1, -0.05) is 0 Å². The zero-order chi connectivity index (χ0) is 11.6. The Morgan fingerprint density at radius 1 is 1.67 bits per heavy atom. The summed E-state index contributed by atoms with van der Waals surface area (Å²) in [6, 6.07) is 0.992. The third-order valence-corrected chi connectivity index (χ3v) is 2.49. The number of hydrogen-bond acceptors (Lipinski definition) is 2. The van der Waals surface area contributed by atoms with Crippen LogP contribution in [0, 0.1) is 0 Å². The summed E-state index contributed by atoms with van der Waals surface area (Å²) in [5, 5.41) is 8.72. The average molecular weight is 300 g/mol. The first kappa shape index (κ1) is 12.3. The topological polar surface area (TPSA) is 50.2 Å². The minimum atomic E-state index is -2.88. The quantitative estimate of drug-likeness (QED) is 0.689. The van der Waals surface area contributed by atoms with Gasteiger partial charge in [0, 0.05) is 5.56 Å². The Labute approximate surface area is 97.2 Å². The zero-order valence-corrected chi connectivity index (χ0v) is 9.52. The van der Waals surface area contributed by atoms with Gasteiger partial charge in [0.2, 0.25) is 0 Å². The van der Waals surface area contributed by atoms with E-state index in [0.717, 1.165) is 6.07 Å². The molecule has 0 bridgehead atoms. The van der Waals surface area contributed by atoms with Gasteiger partial charge in [-0.05, 0) is 22.0 Å². The highest BCUT2D eigenvalue weighted by atomic mass is 79.9. The molecule has 0 amide bonds. The van der Waals surface area contributed by atoms with Gasteiger partial charge in [-0.2, -0.15) is 0 Å². The molecule has 1 aromatic heterocycles. The van der Waals surface area contributed by atoms with Crippen molar-refractivity contribution in [2.45, 2.75) is 12.3 Å². The van der Waals surface area contributed by atoms with Crippen LogP contribution in [0.3, 0.4) is 0 Å². The minimum absolute atomic E-state index is 0.0573. The Balaban J connectivity index is 3.42. The maximum absolute atomic E-state index is 12.5. The van der Waals surface area contributed by atoms with Crippen molar-refractivity contribution in [3.8, 4) is 0 Å². The molecule has 0 aliphatic rings. The van der Waals surface area contributed by atoms with Gasteiger partial charge in [-0.15, -0.1) is 11.6 Å². The first-order valence-electron chi connectivity index (χ1n) is 3.74. The Kier molecular flexibility index (Phi) is 3.98. The van der Waals surface area contributed by atoms with E-state index in [1.807, 2.05) is 0 Å². The second-order valence-corrected chi connectivity index (χ2v) is 3.63. The van der Waals surface area contributed by atoms with Crippen LogP contribution in [0.5, 0.6) is 0 Å². The number of aromatic carboxylic acids is 1. The molecule has 0 unspecified atom stereocenters. The largest absolute Gasteiger partial charge is 0.478 e. The number of aromatic nitrogens is 1. The van der Waals surface area contributed by atoms with Crippen LogP contribution < -0.4 is 0 Å². The third kappa shape index (κ3) is 2.63. The number of rotatable bonds is 3. The van der Waals surface area contributed by atoms with Crippen LogP contribution in [0.2, 0.25) is 0 Å². The van der Waals surface area contributed by atoms with Gasteiger partial charge in [0.05, 0.1) is 11.6 Å². The SMILES string of the molecule is O=C(O)c1c(C(F)F)cc(CCl)nc1Br. The molecule has 0 radical (unpaired) electrons. The predicted octanol–water partition coefficient (Wildman–Crippen LogP) is 3.22. The van der Waals surface area contributed by atoms with Crippen LogP contribution in [0.4, 0.5) is 8.78 Å². The Bertz CT molecular complexity index is 400. The number of nitrogens with zero attached hydrogens (tertiary/aromatic N) is 1. The first-order chi connectivity index (χ1) is 6.97. The summed E-state index contributed by atoms with van der Waals surface area (Å²) >= 11 is 8.26. The number of carboxylic acids is 1. The van der Waals surface area contributed by atoms with Crippen LogP contribution in [-0.4, -0.2) is 16.1 Å². The molecule has 1 rings (SSSR count). The number of carboxylic acid groups (broad SMARTS) is 1. The Morgan fingerprint density at radius 3 is 2.67 bits per heavy atom. The van der Waals surface area contributed by atoms with Gasteiger partial charge in [0.1, 0.15) is 10.2 Å². The normalized spacial score (nSPS) is 10.7. The monoisotopic (exact) mass is 299 g/mol. The van der Waals surface area contributed by atoms with E-state index in [4.69, 9.17) is 16.7 Å².